The van der Waals surface area contributed by atoms with Gasteiger partial charge in [0.25, 0.3) is 11.8 Å². The molecule has 1 aliphatic carbocycles. The highest BCUT2D eigenvalue weighted by molar-refractivity contribution is 6.31. The Bertz CT molecular complexity index is 4200. The van der Waals surface area contributed by atoms with E-state index in [4.69, 9.17) is 23.2 Å². The molecule has 0 fully saturated rings. The highest BCUT2D eigenvalue weighted by Gasteiger charge is 2.29. The smallest absolute Gasteiger partial charge is 0.259 e. The van der Waals surface area contributed by atoms with E-state index >= 15 is 0 Å². The van der Waals surface area contributed by atoms with Crippen LogP contribution in [0.1, 0.15) is 36.6 Å². The summed E-state index contributed by atoms with van der Waals surface area (Å²) >= 11 is 12.2. The zero-order chi connectivity index (χ0) is 50.4. The number of phenolic OH excluding ortho intramolecular Hbond substituents is 2. The molecular weight excluding hydrogens is 972 g/mol. The minimum Gasteiger partial charge on any atom is -0.505 e. The van der Waals surface area contributed by atoms with Crippen LogP contribution in [0.15, 0.2) is 190 Å². The first-order chi connectivity index (χ1) is 36.0. The van der Waals surface area contributed by atoms with Crippen molar-refractivity contribution >= 4 is 140 Å². The molecule has 0 spiro atoms. The monoisotopic (exact) mass is 1000 g/mol. The molecule has 15 heteroatoms. The van der Waals surface area contributed by atoms with Crippen molar-refractivity contribution in [1.29, 1.82) is 0 Å². The van der Waals surface area contributed by atoms with Crippen LogP contribution in [0.4, 0.5) is 34.1 Å². The molecule has 2 heterocycles. The Labute approximate surface area is 428 Å². The Morgan fingerprint density at radius 1 is 0.446 bits per heavy atom. The van der Waals surface area contributed by atoms with Crippen LogP contribution in [-0.4, -0.2) is 37.8 Å². The van der Waals surface area contributed by atoms with Gasteiger partial charge in [-0.2, -0.15) is 10.2 Å². The van der Waals surface area contributed by atoms with Crippen LogP contribution < -0.4 is 10.6 Å². The number of carbonyl (C=O) groups excluding carboxylic acids is 3. The van der Waals surface area contributed by atoms with Crippen molar-refractivity contribution < 1.29 is 24.6 Å². The standard InChI is InChI=1S/C59H34Cl2N8O5/c60-31-11-15-33(16-12-31)62-58(73)45-25-29-9-21-41-39-5-1-3-7-47(39)64-51(41)49(29)53(56(45)71)68-66-35-19-23-37-38-24-20-36(28-44(38)55(70)43(37)27-35)67-69-54-50-30(10-22-42-40-6-2-4-8-48(40)65-52(42)50)26-46(57(54)72)59(74)63-34-17-13-32(61)14-18-34/h1-28,64-65,71-72H,(H,62,73)(H,63,74). The van der Waals surface area contributed by atoms with Crippen LogP contribution in [0, 0.1) is 0 Å². The van der Waals surface area contributed by atoms with Crippen molar-refractivity contribution in [3.05, 3.63) is 202 Å². The second-order valence-electron chi connectivity index (χ2n) is 17.9. The lowest BCUT2D eigenvalue weighted by molar-refractivity contribution is 0.101. The van der Waals surface area contributed by atoms with Crippen LogP contribution in [0.25, 0.3) is 76.3 Å². The van der Waals surface area contributed by atoms with Gasteiger partial charge in [-0.15, -0.1) is 10.2 Å². The van der Waals surface area contributed by atoms with Crippen molar-refractivity contribution in [2.75, 3.05) is 10.6 Å². The number of nitrogens with zero attached hydrogens (tertiary/aromatic N) is 4. The summed E-state index contributed by atoms with van der Waals surface area (Å²) in [5, 5.41) is 55.0. The van der Waals surface area contributed by atoms with E-state index in [-0.39, 0.29) is 39.8 Å². The highest BCUT2D eigenvalue weighted by Crippen LogP contribution is 2.47. The Balaban J connectivity index is 0.857. The number of ketones is 1. The molecule has 0 atom stereocenters. The molecule has 10 aromatic carbocycles. The third kappa shape index (κ3) is 7.37. The third-order valence-corrected chi connectivity index (χ3v) is 14.0. The highest BCUT2D eigenvalue weighted by atomic mass is 35.5. The van der Waals surface area contributed by atoms with Gasteiger partial charge in [-0.3, -0.25) is 14.4 Å². The van der Waals surface area contributed by atoms with Crippen molar-refractivity contribution in [3.8, 4) is 22.6 Å². The summed E-state index contributed by atoms with van der Waals surface area (Å²) in [5.41, 5.74) is 6.93. The largest absolute Gasteiger partial charge is 0.505 e. The first-order valence-corrected chi connectivity index (χ1v) is 24.0. The van der Waals surface area contributed by atoms with Gasteiger partial charge < -0.3 is 30.8 Å². The SMILES string of the molecule is O=C1c2cc(N=Nc3c(O)c(C(=O)Nc4ccc(Cl)cc4)cc4ccc5c6ccccc6[nH]c5c34)ccc2-c2ccc(N=Nc3c(O)c(C(=O)Nc4ccc(Cl)cc4)cc4ccc5c6ccccc6[nH]c5c34)cc21. The number of phenols is 2. The second kappa shape index (κ2) is 17.3. The average molecular weight is 1010 g/mol. The molecule has 0 saturated carbocycles. The molecule has 354 valence electrons. The first kappa shape index (κ1) is 44.3. The number of nitrogens with one attached hydrogen (secondary N) is 4. The van der Waals surface area contributed by atoms with E-state index in [1.807, 2.05) is 72.8 Å². The Morgan fingerprint density at radius 3 is 1.30 bits per heavy atom. The molecule has 13 rings (SSSR count). The number of benzene rings is 10. The molecule has 0 aliphatic heterocycles. The number of para-hydroxylation sites is 2. The fourth-order valence-electron chi connectivity index (χ4n) is 9.96. The minimum absolute atomic E-state index is 0.0219. The summed E-state index contributed by atoms with van der Waals surface area (Å²) in [7, 11) is 0. The van der Waals surface area contributed by atoms with Crippen LogP contribution in [-0.2, 0) is 0 Å². The number of aromatic amines is 2. The van der Waals surface area contributed by atoms with E-state index in [1.165, 1.54) is 0 Å². The lowest BCUT2D eigenvalue weighted by Gasteiger charge is -2.12. The molecule has 0 saturated heterocycles. The van der Waals surface area contributed by atoms with Crippen molar-refractivity contribution in [1.82, 2.24) is 9.97 Å². The number of anilines is 2. The lowest BCUT2D eigenvalue weighted by Crippen LogP contribution is -2.12. The van der Waals surface area contributed by atoms with Gasteiger partial charge in [0.2, 0.25) is 0 Å². The van der Waals surface area contributed by atoms with Gasteiger partial charge >= 0.3 is 0 Å². The molecule has 0 bridgehead atoms. The summed E-state index contributed by atoms with van der Waals surface area (Å²) < 4.78 is 0. The number of aromatic nitrogens is 2. The first-order valence-electron chi connectivity index (χ1n) is 23.2. The zero-order valence-corrected chi connectivity index (χ0v) is 39.8. The minimum atomic E-state index is -0.567. The van der Waals surface area contributed by atoms with Crippen LogP contribution in [0.3, 0.4) is 0 Å². The number of hydrogen-bond acceptors (Lipinski definition) is 9. The van der Waals surface area contributed by atoms with E-state index in [9.17, 15) is 24.6 Å². The van der Waals surface area contributed by atoms with E-state index in [2.05, 4.69) is 41.1 Å². The van der Waals surface area contributed by atoms with E-state index < -0.39 is 11.8 Å². The summed E-state index contributed by atoms with van der Waals surface area (Å²) in [6, 6.07) is 50.1. The molecule has 6 N–H and O–H groups in total. The molecule has 13 nitrogen and oxygen atoms in total. The third-order valence-electron chi connectivity index (χ3n) is 13.5. The quantitative estimate of drug-likeness (QED) is 0.0822. The number of amides is 2. The van der Waals surface area contributed by atoms with E-state index in [1.54, 1.807) is 97.1 Å². The van der Waals surface area contributed by atoms with Crippen molar-refractivity contribution in [2.24, 2.45) is 20.5 Å². The number of H-pyrrole nitrogens is 2. The molecule has 74 heavy (non-hydrogen) atoms. The second-order valence-corrected chi connectivity index (χ2v) is 18.7. The predicted octanol–water partition coefficient (Wildman–Crippen LogP) is 16.5. The predicted molar refractivity (Wildman–Crippen MR) is 292 cm³/mol. The van der Waals surface area contributed by atoms with Crippen LogP contribution >= 0.6 is 23.2 Å². The average Bonchev–Trinajstić information content (AvgIpc) is 4.08. The van der Waals surface area contributed by atoms with Crippen LogP contribution in [0.2, 0.25) is 10.0 Å². The molecule has 0 unspecified atom stereocenters. The molecule has 2 amide bonds. The molecule has 2 aromatic heterocycles. The van der Waals surface area contributed by atoms with Gasteiger partial charge in [0, 0.05) is 75.9 Å². The summed E-state index contributed by atoms with van der Waals surface area (Å²) in [6.07, 6.45) is 0. The molecule has 1 aliphatic rings. The summed E-state index contributed by atoms with van der Waals surface area (Å²) in [6.45, 7) is 0. The van der Waals surface area contributed by atoms with Crippen molar-refractivity contribution in [2.45, 2.75) is 0 Å². The Morgan fingerprint density at radius 2 is 0.865 bits per heavy atom. The number of carbonyl (C=O) groups is 3. The van der Waals surface area contributed by atoms with Crippen LogP contribution in [0.5, 0.6) is 11.5 Å². The molecule has 12 aromatic rings. The van der Waals surface area contributed by atoms with Gasteiger partial charge in [-0.05, 0) is 119 Å². The number of fused-ring (bicyclic) bond motifs is 13. The maximum absolute atomic E-state index is 14.3. The Hall–Kier alpha value is -9.69. The van der Waals surface area contributed by atoms with Gasteiger partial charge in [0.05, 0.1) is 33.5 Å². The maximum atomic E-state index is 14.3. The van der Waals surface area contributed by atoms with Gasteiger partial charge in [-0.1, -0.05) is 96.0 Å². The fourth-order valence-corrected chi connectivity index (χ4v) is 10.2. The Kier molecular flexibility index (Phi) is 10.3. The maximum Gasteiger partial charge on any atom is 0.259 e. The number of aromatic hydroxyl groups is 2. The van der Waals surface area contributed by atoms with Gasteiger partial charge in [0.1, 0.15) is 11.4 Å². The number of azo groups is 2. The number of hydrogen-bond donors (Lipinski definition) is 6. The van der Waals surface area contributed by atoms with Gasteiger partial charge in [0.15, 0.2) is 17.3 Å². The van der Waals surface area contributed by atoms with Gasteiger partial charge in [-0.25, -0.2) is 0 Å². The normalized spacial score (nSPS) is 12.3. The zero-order valence-electron chi connectivity index (χ0n) is 38.3. The van der Waals surface area contributed by atoms with E-state index in [0.717, 1.165) is 32.6 Å². The topological polar surface area (TPSA) is 197 Å². The number of halogens is 2. The molecule has 0 radical (unpaired) electrons. The molecular formula is C59H34Cl2N8O5. The van der Waals surface area contributed by atoms with E-state index in [0.29, 0.717) is 87.6 Å². The fraction of sp³-hybridized carbons (Fsp3) is 0. The summed E-state index contributed by atoms with van der Waals surface area (Å²) in [4.78, 5) is 48.8. The summed E-state index contributed by atoms with van der Waals surface area (Å²) in [5.74, 6) is -2.19. The number of rotatable bonds is 8. The van der Waals surface area contributed by atoms with Crippen molar-refractivity contribution in [3.63, 3.8) is 0 Å². The lowest BCUT2D eigenvalue weighted by atomic mass is 10.00.